The number of hydroxylamine groups is 2. The van der Waals surface area contributed by atoms with Gasteiger partial charge in [0.05, 0.1) is 5.69 Å². The first-order valence-corrected chi connectivity index (χ1v) is 15.3. The third kappa shape index (κ3) is 7.10. The number of anilines is 1. The molecule has 2 aromatic rings. The molecule has 202 valence electrons. The number of nitrogens with zero attached hydrogens (tertiary/aromatic N) is 2. The Balaban J connectivity index is 1.42. The minimum Gasteiger partial charge on any atom is -0.474 e. The summed E-state index contributed by atoms with van der Waals surface area (Å²) in [4.78, 5) is 21.2. The van der Waals surface area contributed by atoms with E-state index in [-0.39, 0.29) is 4.21 Å². The van der Waals surface area contributed by atoms with Crippen molar-refractivity contribution in [3.8, 4) is 0 Å². The molecule has 1 saturated carbocycles. The number of nitrogens with one attached hydrogen (secondary N) is 2. The molecule has 1 aliphatic carbocycles. The zero-order chi connectivity index (χ0) is 26.4. The maximum Gasteiger partial charge on any atom is 0.393 e. The zero-order valence-corrected chi connectivity index (χ0v) is 23.0. The summed E-state index contributed by atoms with van der Waals surface area (Å²) in [7, 11) is -3.85. The van der Waals surface area contributed by atoms with Crippen LogP contribution in [-0.4, -0.2) is 43.0 Å². The number of rotatable bonds is 11. The van der Waals surface area contributed by atoms with Crippen molar-refractivity contribution in [2.45, 2.75) is 81.8 Å². The third-order valence-corrected chi connectivity index (χ3v) is 9.88. The predicted octanol–water partition coefficient (Wildman–Crippen LogP) is 5.14. The van der Waals surface area contributed by atoms with Gasteiger partial charge in [0.2, 0.25) is 0 Å². The Morgan fingerprint density at radius 2 is 1.92 bits per heavy atom. The van der Waals surface area contributed by atoms with Crippen LogP contribution in [0.1, 0.15) is 75.4 Å². The number of carboxylic acids is 1. The molecule has 1 fully saturated rings. The lowest BCUT2D eigenvalue weighted by atomic mass is 9.93. The largest absolute Gasteiger partial charge is 0.474 e. The third-order valence-electron chi connectivity index (χ3n) is 6.90. The second-order valence-corrected chi connectivity index (χ2v) is 12.8. The standard InChI is InChI=1S/C26H36N4O5S2/c1-3-30-24(28-25(35-30)26(31)32)22-14-15-23(36-22)37(33,34)29-21-13-9-8-12-20(21)17-27-18(2)16-19-10-6-4-5-7-11-19/h8-9,12-15,18-19,24,27,29H,3-7,10-11,16-17H2,1-2H3,(H,31,32)/t18-,24?/m0/s1. The number of carboxylic acid groups (broad SMARTS) is 1. The fraction of sp³-hybridized carbons (Fsp3) is 0.538. The number of aliphatic imine (C=N–C) groups is 1. The lowest BCUT2D eigenvalue weighted by Crippen LogP contribution is -2.28. The van der Waals surface area contributed by atoms with Crippen LogP contribution in [0.4, 0.5) is 5.69 Å². The first-order chi connectivity index (χ1) is 17.8. The number of benzene rings is 1. The van der Waals surface area contributed by atoms with Crippen molar-refractivity contribution in [1.82, 2.24) is 10.4 Å². The summed E-state index contributed by atoms with van der Waals surface area (Å²) in [6.45, 7) is 4.97. The molecule has 0 radical (unpaired) electrons. The van der Waals surface area contributed by atoms with E-state index in [1.54, 1.807) is 12.1 Å². The van der Waals surface area contributed by atoms with Gasteiger partial charge < -0.3 is 15.3 Å². The van der Waals surface area contributed by atoms with E-state index in [1.807, 2.05) is 25.1 Å². The number of aliphatic carboxylic acids is 1. The quantitative estimate of drug-likeness (QED) is 0.333. The molecule has 1 aromatic heterocycles. The Morgan fingerprint density at radius 3 is 2.62 bits per heavy atom. The molecule has 3 N–H and O–H groups in total. The molecular weight excluding hydrogens is 512 g/mol. The Bertz CT molecular complexity index is 1210. The van der Waals surface area contributed by atoms with E-state index in [1.165, 1.54) is 49.7 Å². The van der Waals surface area contributed by atoms with E-state index in [9.17, 15) is 18.3 Å². The van der Waals surface area contributed by atoms with Crippen molar-refractivity contribution in [1.29, 1.82) is 0 Å². The molecule has 2 atom stereocenters. The van der Waals surface area contributed by atoms with Gasteiger partial charge >= 0.3 is 11.9 Å². The number of sulfonamides is 1. The van der Waals surface area contributed by atoms with E-state index in [2.05, 4.69) is 22.0 Å². The first kappa shape index (κ1) is 27.6. The summed E-state index contributed by atoms with van der Waals surface area (Å²) in [6, 6.07) is 10.9. The van der Waals surface area contributed by atoms with Crippen LogP contribution in [0.15, 0.2) is 45.6 Å². The molecule has 4 rings (SSSR count). The number of carbonyl (C=O) groups is 1. The molecular formula is C26H36N4O5S2. The van der Waals surface area contributed by atoms with Crippen molar-refractivity contribution in [3.63, 3.8) is 0 Å². The highest BCUT2D eigenvalue weighted by molar-refractivity contribution is 7.94. The monoisotopic (exact) mass is 548 g/mol. The zero-order valence-electron chi connectivity index (χ0n) is 21.4. The number of para-hydroxylation sites is 1. The van der Waals surface area contributed by atoms with E-state index in [0.717, 1.165) is 29.2 Å². The van der Waals surface area contributed by atoms with Crippen LogP contribution >= 0.6 is 11.3 Å². The number of hydrogen-bond acceptors (Lipinski definition) is 8. The maximum atomic E-state index is 13.2. The highest BCUT2D eigenvalue weighted by Crippen LogP contribution is 2.35. The van der Waals surface area contributed by atoms with Gasteiger partial charge in [-0.15, -0.1) is 16.4 Å². The molecule has 0 spiro atoms. The van der Waals surface area contributed by atoms with Gasteiger partial charge in [0.1, 0.15) is 4.21 Å². The van der Waals surface area contributed by atoms with E-state index in [0.29, 0.717) is 29.7 Å². The van der Waals surface area contributed by atoms with E-state index in [4.69, 9.17) is 4.84 Å². The van der Waals surface area contributed by atoms with Crippen molar-refractivity contribution in [2.24, 2.45) is 10.9 Å². The Kier molecular flexibility index (Phi) is 9.22. The van der Waals surface area contributed by atoms with Crippen LogP contribution in [0.2, 0.25) is 0 Å². The van der Waals surface area contributed by atoms with Gasteiger partial charge in [-0.1, -0.05) is 56.7 Å². The highest BCUT2D eigenvalue weighted by atomic mass is 32.2. The lowest BCUT2D eigenvalue weighted by molar-refractivity contribution is -0.136. The van der Waals surface area contributed by atoms with Crippen LogP contribution in [0, 0.1) is 5.92 Å². The second-order valence-electron chi connectivity index (χ2n) is 9.73. The second kappa shape index (κ2) is 12.4. The summed E-state index contributed by atoms with van der Waals surface area (Å²) >= 11 is 1.05. The van der Waals surface area contributed by atoms with Crippen LogP contribution in [0.25, 0.3) is 0 Å². The van der Waals surface area contributed by atoms with Crippen LogP contribution in [-0.2, 0) is 26.2 Å². The van der Waals surface area contributed by atoms with Crippen molar-refractivity contribution < 1.29 is 23.2 Å². The van der Waals surface area contributed by atoms with Gasteiger partial charge in [0.25, 0.3) is 10.0 Å². The molecule has 11 heteroatoms. The highest BCUT2D eigenvalue weighted by Gasteiger charge is 2.34. The van der Waals surface area contributed by atoms with Gasteiger partial charge in [-0.2, -0.15) is 0 Å². The Labute approximate surface area is 222 Å². The van der Waals surface area contributed by atoms with Crippen LogP contribution < -0.4 is 10.0 Å². The summed E-state index contributed by atoms with van der Waals surface area (Å²) < 4.78 is 29.4. The van der Waals surface area contributed by atoms with Crippen LogP contribution in [0.5, 0.6) is 0 Å². The fourth-order valence-corrected chi connectivity index (χ4v) is 7.42. The average molecular weight is 549 g/mol. The van der Waals surface area contributed by atoms with Crippen molar-refractivity contribution in [3.05, 3.63) is 46.8 Å². The fourth-order valence-electron chi connectivity index (χ4n) is 4.95. The smallest absolute Gasteiger partial charge is 0.393 e. The normalized spacial score (nSPS) is 20.2. The Morgan fingerprint density at radius 1 is 1.19 bits per heavy atom. The summed E-state index contributed by atoms with van der Waals surface area (Å²) in [5, 5.41) is 14.2. The minimum absolute atomic E-state index is 0.127. The van der Waals surface area contributed by atoms with Gasteiger partial charge in [-0.05, 0) is 49.9 Å². The molecule has 2 aliphatic rings. The molecule has 0 bridgehead atoms. The molecule has 1 aliphatic heterocycles. The molecule has 1 aromatic carbocycles. The molecule has 2 heterocycles. The van der Waals surface area contributed by atoms with Gasteiger partial charge in [-0.3, -0.25) is 4.72 Å². The topological polar surface area (TPSA) is 120 Å². The van der Waals surface area contributed by atoms with E-state index < -0.39 is 28.1 Å². The van der Waals surface area contributed by atoms with E-state index >= 15 is 0 Å². The molecule has 0 amide bonds. The summed E-state index contributed by atoms with van der Waals surface area (Å²) in [5.74, 6) is -0.908. The average Bonchev–Trinajstić information content (AvgIpc) is 3.46. The number of hydrogen-bond donors (Lipinski definition) is 3. The van der Waals surface area contributed by atoms with Crippen molar-refractivity contribution >= 4 is 38.9 Å². The molecule has 9 nitrogen and oxygen atoms in total. The van der Waals surface area contributed by atoms with Crippen LogP contribution in [0.3, 0.4) is 0 Å². The molecule has 0 saturated heterocycles. The maximum absolute atomic E-state index is 13.2. The summed E-state index contributed by atoms with van der Waals surface area (Å²) in [6.07, 6.45) is 8.38. The summed E-state index contributed by atoms with van der Waals surface area (Å²) in [5.41, 5.74) is 1.42. The lowest BCUT2D eigenvalue weighted by Gasteiger charge is -2.21. The van der Waals surface area contributed by atoms with Crippen molar-refractivity contribution in [2.75, 3.05) is 11.3 Å². The van der Waals surface area contributed by atoms with Gasteiger partial charge in [-0.25, -0.2) is 18.2 Å². The van der Waals surface area contributed by atoms with Gasteiger partial charge in [0, 0.05) is 24.0 Å². The Hall–Kier alpha value is -2.47. The number of thiophene rings is 1. The van der Waals surface area contributed by atoms with Gasteiger partial charge in [0.15, 0.2) is 6.17 Å². The predicted molar refractivity (Wildman–Crippen MR) is 145 cm³/mol. The SMILES string of the molecule is CCN1OC(C(=O)O)=NC1c1ccc(S(=O)(=O)Nc2ccccc2CN[C@@H](C)CC2CCCCCC2)s1. The minimum atomic E-state index is -3.85. The molecule has 1 unspecified atom stereocenters. The first-order valence-electron chi connectivity index (χ1n) is 13.0. The molecule has 37 heavy (non-hydrogen) atoms.